The molecule has 0 spiro atoms. The molecule has 1 aromatic carbocycles. The first-order chi connectivity index (χ1) is 10.1. The Labute approximate surface area is 125 Å². The summed E-state index contributed by atoms with van der Waals surface area (Å²) >= 11 is 0. The molecule has 0 radical (unpaired) electrons. The van der Waals surface area contributed by atoms with E-state index in [-0.39, 0.29) is 5.97 Å². The molecule has 0 saturated carbocycles. The number of ether oxygens (including phenoxy) is 1. The van der Waals surface area contributed by atoms with Gasteiger partial charge in [-0.3, -0.25) is 0 Å². The quantitative estimate of drug-likeness (QED) is 0.824. The Morgan fingerprint density at radius 1 is 1.24 bits per heavy atom. The molecule has 0 saturated heterocycles. The lowest BCUT2D eigenvalue weighted by Crippen LogP contribution is -2.24. The molecule has 1 atom stereocenters. The first-order valence-corrected chi connectivity index (χ1v) is 7.15. The molecule has 0 aliphatic rings. The number of esters is 1. The van der Waals surface area contributed by atoms with Crippen LogP contribution >= 0.6 is 0 Å². The Hall–Kier alpha value is -2.07. The van der Waals surface area contributed by atoms with Gasteiger partial charge in [0.1, 0.15) is 11.5 Å². The largest absolute Gasteiger partial charge is 0.465 e. The molecule has 4 heteroatoms. The van der Waals surface area contributed by atoms with Crippen LogP contribution in [0.1, 0.15) is 36.4 Å². The maximum atomic E-state index is 11.4. The van der Waals surface area contributed by atoms with Gasteiger partial charge >= 0.3 is 5.97 Å². The van der Waals surface area contributed by atoms with Crippen LogP contribution in [-0.4, -0.2) is 19.1 Å². The normalized spacial score (nSPS) is 12.1. The van der Waals surface area contributed by atoms with Gasteiger partial charge in [-0.1, -0.05) is 19.1 Å². The summed E-state index contributed by atoms with van der Waals surface area (Å²) in [6, 6.07) is 11.6. The summed E-state index contributed by atoms with van der Waals surface area (Å²) in [4.78, 5) is 11.4. The SMILES string of the molecule is CC[C@H](C)NCc1ccc(-c2ccc(C(=O)OC)cc2)o1. The van der Waals surface area contributed by atoms with Crippen LogP contribution in [0, 0.1) is 0 Å². The molecular weight excluding hydrogens is 266 g/mol. The molecule has 0 amide bonds. The van der Waals surface area contributed by atoms with Crippen molar-refractivity contribution in [2.75, 3.05) is 7.11 Å². The van der Waals surface area contributed by atoms with Gasteiger partial charge in [0.15, 0.2) is 0 Å². The van der Waals surface area contributed by atoms with Crippen LogP contribution in [0.2, 0.25) is 0 Å². The highest BCUT2D eigenvalue weighted by Gasteiger charge is 2.08. The molecule has 0 fully saturated rings. The zero-order valence-electron chi connectivity index (χ0n) is 12.7. The third-order valence-electron chi connectivity index (χ3n) is 3.49. The summed E-state index contributed by atoms with van der Waals surface area (Å²) in [6.45, 7) is 5.01. The van der Waals surface area contributed by atoms with Crippen molar-refractivity contribution in [3.8, 4) is 11.3 Å². The second-order valence-electron chi connectivity index (χ2n) is 5.03. The zero-order chi connectivity index (χ0) is 15.2. The Balaban J connectivity index is 2.05. The van der Waals surface area contributed by atoms with Crippen molar-refractivity contribution < 1.29 is 13.9 Å². The van der Waals surface area contributed by atoms with E-state index in [1.165, 1.54) is 7.11 Å². The molecule has 1 heterocycles. The molecule has 4 nitrogen and oxygen atoms in total. The third kappa shape index (κ3) is 3.95. The lowest BCUT2D eigenvalue weighted by atomic mass is 10.1. The monoisotopic (exact) mass is 287 g/mol. The number of carbonyl (C=O) groups excluding carboxylic acids is 1. The number of carbonyl (C=O) groups is 1. The molecule has 2 rings (SSSR count). The Kier molecular flexibility index (Phi) is 5.17. The van der Waals surface area contributed by atoms with Crippen molar-refractivity contribution in [3.63, 3.8) is 0 Å². The van der Waals surface area contributed by atoms with Gasteiger partial charge in [0.2, 0.25) is 0 Å². The van der Waals surface area contributed by atoms with Crippen molar-refractivity contribution in [2.24, 2.45) is 0 Å². The molecule has 2 aromatic rings. The van der Waals surface area contributed by atoms with Crippen molar-refractivity contribution in [3.05, 3.63) is 47.7 Å². The first-order valence-electron chi connectivity index (χ1n) is 7.15. The first kappa shape index (κ1) is 15.3. The van der Waals surface area contributed by atoms with E-state index in [1.807, 2.05) is 24.3 Å². The maximum Gasteiger partial charge on any atom is 0.337 e. The zero-order valence-corrected chi connectivity index (χ0v) is 12.7. The average molecular weight is 287 g/mol. The van der Waals surface area contributed by atoms with Crippen LogP contribution < -0.4 is 5.32 Å². The highest BCUT2D eigenvalue weighted by atomic mass is 16.5. The summed E-state index contributed by atoms with van der Waals surface area (Å²) in [5.74, 6) is 1.37. The summed E-state index contributed by atoms with van der Waals surface area (Å²) in [5.41, 5.74) is 1.48. The molecule has 0 unspecified atom stereocenters. The van der Waals surface area contributed by atoms with Crippen molar-refractivity contribution in [1.82, 2.24) is 5.32 Å². The topological polar surface area (TPSA) is 51.5 Å². The number of nitrogens with one attached hydrogen (secondary N) is 1. The fourth-order valence-electron chi connectivity index (χ4n) is 1.94. The molecule has 112 valence electrons. The number of hydrogen-bond donors (Lipinski definition) is 1. The lowest BCUT2D eigenvalue weighted by Gasteiger charge is -2.09. The number of furan rings is 1. The summed E-state index contributed by atoms with van der Waals surface area (Å²) in [5, 5.41) is 3.39. The Morgan fingerprint density at radius 3 is 2.57 bits per heavy atom. The van der Waals surface area contributed by atoms with Gasteiger partial charge in [0, 0.05) is 11.6 Å². The van der Waals surface area contributed by atoms with Gasteiger partial charge in [-0.05, 0) is 37.6 Å². The smallest absolute Gasteiger partial charge is 0.337 e. The highest BCUT2D eigenvalue weighted by molar-refractivity contribution is 5.89. The Morgan fingerprint density at radius 2 is 1.95 bits per heavy atom. The van der Waals surface area contributed by atoms with Gasteiger partial charge in [-0.2, -0.15) is 0 Å². The predicted octanol–water partition coefficient (Wildman–Crippen LogP) is 3.62. The summed E-state index contributed by atoms with van der Waals surface area (Å²) in [6.07, 6.45) is 1.09. The van der Waals surface area contributed by atoms with Crippen LogP contribution in [-0.2, 0) is 11.3 Å². The average Bonchev–Trinajstić information content (AvgIpc) is 3.00. The van der Waals surface area contributed by atoms with Crippen molar-refractivity contribution in [1.29, 1.82) is 0 Å². The number of rotatable bonds is 6. The van der Waals surface area contributed by atoms with E-state index in [0.29, 0.717) is 11.6 Å². The second-order valence-corrected chi connectivity index (χ2v) is 5.03. The van der Waals surface area contributed by atoms with Gasteiger partial charge in [-0.15, -0.1) is 0 Å². The van der Waals surface area contributed by atoms with Crippen LogP contribution in [0.25, 0.3) is 11.3 Å². The van der Waals surface area contributed by atoms with Crippen molar-refractivity contribution >= 4 is 5.97 Å². The van der Waals surface area contributed by atoms with Gasteiger partial charge < -0.3 is 14.5 Å². The van der Waals surface area contributed by atoms with E-state index in [0.717, 1.165) is 30.0 Å². The number of hydrogen-bond acceptors (Lipinski definition) is 4. The van der Waals surface area contributed by atoms with E-state index in [4.69, 9.17) is 4.42 Å². The molecule has 1 N–H and O–H groups in total. The van der Waals surface area contributed by atoms with E-state index in [9.17, 15) is 4.79 Å². The van der Waals surface area contributed by atoms with Crippen LogP contribution in [0.3, 0.4) is 0 Å². The minimum Gasteiger partial charge on any atom is -0.465 e. The van der Waals surface area contributed by atoms with E-state index < -0.39 is 0 Å². The molecule has 0 bridgehead atoms. The predicted molar refractivity (Wildman–Crippen MR) is 82.1 cm³/mol. The summed E-state index contributed by atoms with van der Waals surface area (Å²) in [7, 11) is 1.37. The summed E-state index contributed by atoms with van der Waals surface area (Å²) < 4.78 is 10.5. The molecule has 1 aromatic heterocycles. The van der Waals surface area contributed by atoms with Crippen LogP contribution in [0.5, 0.6) is 0 Å². The molecular formula is C17H21NO3. The fraction of sp³-hybridized carbons (Fsp3) is 0.353. The highest BCUT2D eigenvalue weighted by Crippen LogP contribution is 2.22. The number of methoxy groups -OCH3 is 1. The van der Waals surface area contributed by atoms with E-state index in [2.05, 4.69) is 23.9 Å². The van der Waals surface area contributed by atoms with E-state index in [1.54, 1.807) is 12.1 Å². The van der Waals surface area contributed by atoms with Crippen LogP contribution in [0.4, 0.5) is 0 Å². The standard InChI is InChI=1S/C17H21NO3/c1-4-12(2)18-11-15-9-10-16(21-15)13-5-7-14(8-6-13)17(19)20-3/h5-10,12,18H,4,11H2,1-3H3/t12-/m0/s1. The van der Waals surface area contributed by atoms with E-state index >= 15 is 0 Å². The van der Waals surface area contributed by atoms with Gasteiger partial charge in [0.05, 0.1) is 19.2 Å². The maximum absolute atomic E-state index is 11.4. The molecule has 21 heavy (non-hydrogen) atoms. The van der Waals surface area contributed by atoms with Crippen molar-refractivity contribution in [2.45, 2.75) is 32.9 Å². The number of benzene rings is 1. The van der Waals surface area contributed by atoms with Gasteiger partial charge in [-0.25, -0.2) is 4.79 Å². The Bertz CT molecular complexity index is 586. The van der Waals surface area contributed by atoms with Gasteiger partial charge in [0.25, 0.3) is 0 Å². The third-order valence-corrected chi connectivity index (χ3v) is 3.49. The molecule has 0 aliphatic heterocycles. The molecule has 0 aliphatic carbocycles. The fourth-order valence-corrected chi connectivity index (χ4v) is 1.94. The lowest BCUT2D eigenvalue weighted by molar-refractivity contribution is 0.0601. The second kappa shape index (κ2) is 7.09. The minimum atomic E-state index is -0.334. The minimum absolute atomic E-state index is 0.334. The van der Waals surface area contributed by atoms with Crippen LogP contribution in [0.15, 0.2) is 40.8 Å².